The van der Waals surface area contributed by atoms with Crippen molar-refractivity contribution < 1.29 is 9.53 Å². The molecule has 0 aliphatic rings. The molecule has 3 rings (SSSR count). The molecule has 1 aromatic heterocycles. The van der Waals surface area contributed by atoms with Gasteiger partial charge in [-0.15, -0.1) is 16.8 Å². The van der Waals surface area contributed by atoms with Gasteiger partial charge in [-0.1, -0.05) is 47.1 Å². The molecule has 0 aliphatic heterocycles. The van der Waals surface area contributed by atoms with E-state index in [4.69, 9.17) is 16.3 Å². The number of hydrogen-bond donors (Lipinski definition) is 1. The molecule has 0 saturated heterocycles. The third-order valence-corrected chi connectivity index (χ3v) is 5.73. The molecule has 0 bridgehead atoms. The molecular formula is C23H25ClN4O2S. The van der Waals surface area contributed by atoms with Gasteiger partial charge >= 0.3 is 0 Å². The van der Waals surface area contributed by atoms with Crippen LogP contribution in [0, 0.1) is 13.8 Å². The number of ether oxygens (including phenoxy) is 1. The van der Waals surface area contributed by atoms with E-state index < -0.39 is 0 Å². The lowest BCUT2D eigenvalue weighted by molar-refractivity contribution is -0.113. The first-order chi connectivity index (χ1) is 14.9. The van der Waals surface area contributed by atoms with Crippen LogP contribution in [-0.4, -0.2) is 26.4 Å². The predicted octanol–water partition coefficient (Wildman–Crippen LogP) is 5.61. The number of anilines is 1. The van der Waals surface area contributed by atoms with E-state index in [0.29, 0.717) is 22.5 Å². The Balaban J connectivity index is 1.68. The fourth-order valence-corrected chi connectivity index (χ4v) is 3.94. The number of carbonyl (C=O) groups excluding carboxylic acids is 1. The number of carbonyl (C=O) groups is 1. The van der Waals surface area contributed by atoms with E-state index in [-0.39, 0.29) is 17.8 Å². The molecule has 8 heteroatoms. The number of benzene rings is 2. The highest BCUT2D eigenvalue weighted by molar-refractivity contribution is 7.99. The molecule has 0 spiro atoms. The van der Waals surface area contributed by atoms with Crippen molar-refractivity contribution in [1.82, 2.24) is 14.8 Å². The van der Waals surface area contributed by atoms with Crippen LogP contribution in [0.4, 0.5) is 5.69 Å². The maximum absolute atomic E-state index is 12.3. The third kappa shape index (κ3) is 6.12. The van der Waals surface area contributed by atoms with Gasteiger partial charge < -0.3 is 10.1 Å². The lowest BCUT2D eigenvalue weighted by atomic mass is 10.2. The summed E-state index contributed by atoms with van der Waals surface area (Å²) in [7, 11) is 0. The van der Waals surface area contributed by atoms with Gasteiger partial charge in [0.2, 0.25) is 5.91 Å². The van der Waals surface area contributed by atoms with Crippen molar-refractivity contribution in [3.8, 4) is 5.75 Å². The lowest BCUT2D eigenvalue weighted by Crippen LogP contribution is -2.15. The molecule has 1 amide bonds. The fraction of sp³-hybridized carbons (Fsp3) is 0.261. The maximum Gasteiger partial charge on any atom is 0.234 e. The second kappa shape index (κ2) is 10.5. The molecule has 162 valence electrons. The predicted molar refractivity (Wildman–Crippen MR) is 126 cm³/mol. The van der Waals surface area contributed by atoms with Crippen molar-refractivity contribution in [3.05, 3.63) is 77.1 Å². The van der Waals surface area contributed by atoms with Crippen molar-refractivity contribution in [1.29, 1.82) is 0 Å². The van der Waals surface area contributed by atoms with Crippen molar-refractivity contribution in [3.63, 3.8) is 0 Å². The van der Waals surface area contributed by atoms with Gasteiger partial charge in [0.05, 0.1) is 5.75 Å². The Morgan fingerprint density at radius 3 is 2.68 bits per heavy atom. The molecular weight excluding hydrogens is 432 g/mol. The SMILES string of the molecule is C=CCn1c(SCC(=O)Nc2ccc(C)cc2)nnc1C(C)Oc1ccc(Cl)cc1C. The van der Waals surface area contributed by atoms with Gasteiger partial charge in [0.1, 0.15) is 5.75 Å². The van der Waals surface area contributed by atoms with E-state index in [1.165, 1.54) is 11.8 Å². The molecule has 0 saturated carbocycles. The van der Waals surface area contributed by atoms with Crippen molar-refractivity contribution in [2.24, 2.45) is 0 Å². The van der Waals surface area contributed by atoms with E-state index >= 15 is 0 Å². The first-order valence-electron chi connectivity index (χ1n) is 9.83. The maximum atomic E-state index is 12.3. The minimum absolute atomic E-state index is 0.107. The summed E-state index contributed by atoms with van der Waals surface area (Å²) in [5, 5.41) is 12.8. The number of nitrogens with one attached hydrogen (secondary N) is 1. The zero-order valence-electron chi connectivity index (χ0n) is 17.8. The summed E-state index contributed by atoms with van der Waals surface area (Å²) in [4.78, 5) is 12.3. The van der Waals surface area contributed by atoms with Crippen LogP contribution in [0.5, 0.6) is 5.75 Å². The molecule has 2 aromatic carbocycles. The van der Waals surface area contributed by atoms with Crippen LogP contribution in [0.25, 0.3) is 0 Å². The first kappa shape index (κ1) is 22.9. The van der Waals surface area contributed by atoms with Gasteiger partial charge in [-0.2, -0.15) is 0 Å². The molecule has 1 unspecified atom stereocenters. The van der Waals surface area contributed by atoms with E-state index in [9.17, 15) is 4.79 Å². The molecule has 1 heterocycles. The van der Waals surface area contributed by atoms with Crippen LogP contribution in [-0.2, 0) is 11.3 Å². The minimum atomic E-state index is -0.344. The lowest BCUT2D eigenvalue weighted by Gasteiger charge is -2.17. The molecule has 31 heavy (non-hydrogen) atoms. The largest absolute Gasteiger partial charge is 0.482 e. The van der Waals surface area contributed by atoms with Crippen molar-refractivity contribution >= 4 is 35.0 Å². The molecule has 3 aromatic rings. The van der Waals surface area contributed by atoms with E-state index in [2.05, 4.69) is 22.1 Å². The van der Waals surface area contributed by atoms with Crippen LogP contribution < -0.4 is 10.1 Å². The number of rotatable bonds is 9. The smallest absolute Gasteiger partial charge is 0.234 e. The highest BCUT2D eigenvalue weighted by atomic mass is 35.5. The zero-order chi connectivity index (χ0) is 22.4. The number of hydrogen-bond acceptors (Lipinski definition) is 5. The second-order valence-corrected chi connectivity index (χ2v) is 8.49. The Morgan fingerprint density at radius 2 is 2.00 bits per heavy atom. The molecule has 0 aliphatic carbocycles. The standard InChI is InChI=1S/C23H25ClN4O2S/c1-5-12-28-22(17(4)30-20-11-8-18(24)13-16(20)3)26-27-23(28)31-14-21(29)25-19-9-6-15(2)7-10-19/h5-11,13,17H,1,12,14H2,2-4H3,(H,25,29). The fourth-order valence-electron chi connectivity index (χ4n) is 2.96. The Hall–Kier alpha value is -2.77. The summed E-state index contributed by atoms with van der Waals surface area (Å²) in [6, 6.07) is 13.2. The van der Waals surface area contributed by atoms with Crippen molar-refractivity contribution in [2.45, 2.75) is 38.6 Å². The average molecular weight is 457 g/mol. The number of nitrogens with zero attached hydrogens (tertiary/aromatic N) is 3. The molecule has 0 radical (unpaired) electrons. The second-order valence-electron chi connectivity index (χ2n) is 7.11. The minimum Gasteiger partial charge on any atom is -0.482 e. The molecule has 0 fully saturated rings. The van der Waals surface area contributed by atoms with Gasteiger partial charge in [0, 0.05) is 17.3 Å². The summed E-state index contributed by atoms with van der Waals surface area (Å²) in [6.45, 7) is 10.2. The van der Waals surface area contributed by atoms with Crippen LogP contribution in [0.15, 0.2) is 60.3 Å². The number of thioether (sulfide) groups is 1. The van der Waals surface area contributed by atoms with Crippen LogP contribution in [0.2, 0.25) is 5.02 Å². The van der Waals surface area contributed by atoms with Gasteiger partial charge in [-0.25, -0.2) is 0 Å². The highest BCUT2D eigenvalue weighted by Gasteiger charge is 2.20. The van der Waals surface area contributed by atoms with Gasteiger partial charge in [-0.05, 0) is 56.7 Å². The number of halogens is 1. The van der Waals surface area contributed by atoms with Crippen molar-refractivity contribution in [2.75, 3.05) is 11.1 Å². The van der Waals surface area contributed by atoms with E-state index in [0.717, 1.165) is 22.6 Å². The van der Waals surface area contributed by atoms with Gasteiger partial charge in [0.15, 0.2) is 17.1 Å². The van der Waals surface area contributed by atoms with E-state index in [1.54, 1.807) is 12.1 Å². The summed E-state index contributed by atoms with van der Waals surface area (Å²) >= 11 is 7.35. The summed E-state index contributed by atoms with van der Waals surface area (Å²) in [5.74, 6) is 1.51. The summed E-state index contributed by atoms with van der Waals surface area (Å²) in [6.07, 6.45) is 1.42. The molecule has 1 N–H and O–H groups in total. The number of allylic oxidation sites excluding steroid dienone is 1. The molecule has 1 atom stereocenters. The summed E-state index contributed by atoms with van der Waals surface area (Å²) < 4.78 is 8.01. The number of aryl methyl sites for hydroxylation is 2. The number of aromatic nitrogens is 3. The Kier molecular flexibility index (Phi) is 7.76. The Bertz CT molecular complexity index is 1070. The average Bonchev–Trinajstić information content (AvgIpc) is 3.13. The quantitative estimate of drug-likeness (QED) is 0.335. The normalized spacial score (nSPS) is 11.7. The van der Waals surface area contributed by atoms with Crippen LogP contribution in [0.3, 0.4) is 0 Å². The Morgan fingerprint density at radius 1 is 1.26 bits per heavy atom. The Labute approximate surface area is 191 Å². The highest BCUT2D eigenvalue weighted by Crippen LogP contribution is 2.28. The van der Waals surface area contributed by atoms with Crippen LogP contribution in [0.1, 0.15) is 30.0 Å². The van der Waals surface area contributed by atoms with Crippen LogP contribution >= 0.6 is 23.4 Å². The monoisotopic (exact) mass is 456 g/mol. The third-order valence-electron chi connectivity index (χ3n) is 4.53. The zero-order valence-corrected chi connectivity index (χ0v) is 19.3. The van der Waals surface area contributed by atoms with Gasteiger partial charge in [0.25, 0.3) is 0 Å². The molecule has 6 nitrogen and oxygen atoms in total. The van der Waals surface area contributed by atoms with Gasteiger partial charge in [-0.3, -0.25) is 9.36 Å². The first-order valence-corrected chi connectivity index (χ1v) is 11.2. The number of amides is 1. The topological polar surface area (TPSA) is 69.0 Å². The van der Waals surface area contributed by atoms with E-state index in [1.807, 2.05) is 61.7 Å². The summed E-state index contributed by atoms with van der Waals surface area (Å²) in [5.41, 5.74) is 2.85.